The summed E-state index contributed by atoms with van der Waals surface area (Å²) < 4.78 is 0. The number of nitrogens with one attached hydrogen (secondary N) is 1. The third-order valence-corrected chi connectivity index (χ3v) is 10.2. The van der Waals surface area contributed by atoms with Crippen molar-refractivity contribution in [3.63, 3.8) is 0 Å². The number of allylic oxidation sites excluding steroid dienone is 2. The number of likely N-dealkylation sites (N-methyl/N-ethyl adjacent to an activating group) is 1. The van der Waals surface area contributed by atoms with Crippen molar-refractivity contribution in [2.45, 2.75) is 117 Å². The Morgan fingerprint density at radius 2 is 1.87 bits per heavy atom. The summed E-state index contributed by atoms with van der Waals surface area (Å²) >= 11 is 0. The lowest BCUT2D eigenvalue weighted by Gasteiger charge is -2.35. The second-order valence-electron chi connectivity index (χ2n) is 14.5. The minimum Gasteiger partial charge on any atom is -0.364 e. The largest absolute Gasteiger partial charge is 0.364 e. The number of fused-ring (bicyclic) bond motifs is 1. The molecule has 0 saturated heterocycles. The predicted octanol–water partition coefficient (Wildman–Crippen LogP) is 10.7. The van der Waals surface area contributed by atoms with E-state index in [1.54, 1.807) is 0 Å². The molecule has 0 saturated carbocycles. The molecule has 0 fully saturated rings. The molecular formula is C42H60N4. The van der Waals surface area contributed by atoms with Gasteiger partial charge in [0.05, 0.1) is 6.04 Å². The Bertz CT molecular complexity index is 1450. The summed E-state index contributed by atoms with van der Waals surface area (Å²) in [6.45, 7) is 24.3. The highest BCUT2D eigenvalue weighted by molar-refractivity contribution is 5.73. The fourth-order valence-corrected chi connectivity index (χ4v) is 7.50. The van der Waals surface area contributed by atoms with Crippen molar-refractivity contribution in [1.82, 2.24) is 10.4 Å². The molecule has 0 amide bonds. The van der Waals surface area contributed by atoms with Gasteiger partial charge in [-0.05, 0) is 129 Å². The van der Waals surface area contributed by atoms with Gasteiger partial charge in [-0.3, -0.25) is 16.3 Å². The summed E-state index contributed by atoms with van der Waals surface area (Å²) in [5, 5.41) is 0. The van der Waals surface area contributed by atoms with Crippen LogP contribution in [0.2, 0.25) is 0 Å². The number of hydrogen-bond donors (Lipinski definition) is 2. The maximum atomic E-state index is 5.43. The molecule has 248 valence electrons. The van der Waals surface area contributed by atoms with Crippen molar-refractivity contribution >= 4 is 5.69 Å². The SMILES string of the molecule is C=CCCC(C)(C)CC1c2cc(-c3cc(C)cc(CCC(=C)CCCCNN)c3)ccc2N(CC)C1c1cccnc1C(C)CC. The van der Waals surface area contributed by atoms with E-state index in [2.05, 4.69) is 120 Å². The summed E-state index contributed by atoms with van der Waals surface area (Å²) in [6, 6.07) is 19.2. The highest BCUT2D eigenvalue weighted by Gasteiger charge is 2.42. The van der Waals surface area contributed by atoms with Crippen molar-refractivity contribution < 1.29 is 0 Å². The van der Waals surface area contributed by atoms with Crippen molar-refractivity contribution in [3.8, 4) is 11.1 Å². The van der Waals surface area contributed by atoms with Crippen LogP contribution in [0.15, 0.2) is 79.5 Å². The van der Waals surface area contributed by atoms with Crippen LogP contribution in [0, 0.1) is 12.3 Å². The Labute approximate surface area is 280 Å². The Kier molecular flexibility index (Phi) is 12.8. The van der Waals surface area contributed by atoms with Crippen LogP contribution in [-0.2, 0) is 6.42 Å². The van der Waals surface area contributed by atoms with Crippen molar-refractivity contribution in [2.75, 3.05) is 18.0 Å². The molecule has 1 aliphatic rings. The molecule has 4 nitrogen and oxygen atoms in total. The highest BCUT2D eigenvalue weighted by atomic mass is 15.2. The Morgan fingerprint density at radius 3 is 2.59 bits per heavy atom. The highest BCUT2D eigenvalue weighted by Crippen LogP contribution is 2.55. The smallest absolute Gasteiger partial charge is 0.0629 e. The van der Waals surface area contributed by atoms with Crippen molar-refractivity contribution in [1.29, 1.82) is 0 Å². The van der Waals surface area contributed by atoms with Crippen LogP contribution in [0.3, 0.4) is 0 Å². The van der Waals surface area contributed by atoms with Crippen LogP contribution in [0.5, 0.6) is 0 Å². The van der Waals surface area contributed by atoms with Gasteiger partial charge in [-0.1, -0.05) is 81.8 Å². The van der Waals surface area contributed by atoms with Gasteiger partial charge in [0.2, 0.25) is 0 Å². The fraction of sp³-hybridized carbons (Fsp3) is 0.500. The van der Waals surface area contributed by atoms with Gasteiger partial charge >= 0.3 is 0 Å². The topological polar surface area (TPSA) is 54.2 Å². The van der Waals surface area contributed by atoms with Crippen LogP contribution < -0.4 is 16.2 Å². The lowest BCUT2D eigenvalue weighted by Crippen LogP contribution is -2.30. The number of pyridine rings is 1. The van der Waals surface area contributed by atoms with Crippen molar-refractivity contribution in [2.24, 2.45) is 11.3 Å². The average molecular weight is 621 g/mol. The number of benzene rings is 2. The predicted molar refractivity (Wildman–Crippen MR) is 199 cm³/mol. The molecule has 0 radical (unpaired) electrons. The first-order chi connectivity index (χ1) is 22.1. The Hall–Kier alpha value is -3.21. The molecule has 1 aromatic heterocycles. The van der Waals surface area contributed by atoms with Gasteiger partial charge in [-0.2, -0.15) is 0 Å². The Balaban J connectivity index is 1.71. The van der Waals surface area contributed by atoms with Gasteiger partial charge in [0, 0.05) is 36.6 Å². The number of hydrogen-bond acceptors (Lipinski definition) is 4. The van der Waals surface area contributed by atoms with Gasteiger partial charge in [-0.15, -0.1) is 6.58 Å². The second kappa shape index (κ2) is 16.6. The minimum absolute atomic E-state index is 0.187. The van der Waals surface area contributed by atoms with E-state index in [1.807, 2.05) is 6.20 Å². The average Bonchev–Trinajstić information content (AvgIpc) is 3.35. The molecule has 3 aromatic rings. The molecule has 3 atom stereocenters. The summed E-state index contributed by atoms with van der Waals surface area (Å²) in [6.07, 6.45) is 13.8. The van der Waals surface area contributed by atoms with Gasteiger partial charge in [-0.25, -0.2) is 0 Å². The third kappa shape index (κ3) is 8.77. The van der Waals surface area contributed by atoms with E-state index in [4.69, 9.17) is 10.8 Å². The van der Waals surface area contributed by atoms with E-state index in [0.717, 1.165) is 70.9 Å². The standard InChI is InChI=1S/C42H60N4/c1-9-12-22-42(7,8)29-38-37-28-34(35-26-31(5)25-33(27-35)19-18-30(4)16-13-14-24-45-43)20-21-39(37)46(11-3)41(38)36-17-15-23-44-40(36)32(6)10-2/h9,15,17,20-21,23,25-28,32,38,41,45H,1,4,10-14,16,18-19,22,24,29,43H2,2-3,5-8H3. The molecule has 3 N–H and O–H groups in total. The summed E-state index contributed by atoms with van der Waals surface area (Å²) in [4.78, 5) is 7.65. The third-order valence-electron chi connectivity index (χ3n) is 10.2. The van der Waals surface area contributed by atoms with Gasteiger partial charge < -0.3 is 4.90 Å². The van der Waals surface area contributed by atoms with Crippen LogP contribution in [0.25, 0.3) is 11.1 Å². The number of aryl methyl sites for hydroxylation is 2. The molecule has 3 unspecified atom stereocenters. The second-order valence-corrected chi connectivity index (χ2v) is 14.5. The van der Waals surface area contributed by atoms with Crippen LogP contribution in [0.4, 0.5) is 5.69 Å². The van der Waals surface area contributed by atoms with Crippen LogP contribution >= 0.6 is 0 Å². The molecule has 1 aliphatic heterocycles. The number of nitrogens with zero attached hydrogens (tertiary/aromatic N) is 2. The Morgan fingerprint density at radius 1 is 1.07 bits per heavy atom. The van der Waals surface area contributed by atoms with Crippen LogP contribution in [-0.4, -0.2) is 18.1 Å². The molecular weight excluding hydrogens is 560 g/mol. The van der Waals surface area contributed by atoms with Gasteiger partial charge in [0.1, 0.15) is 0 Å². The summed E-state index contributed by atoms with van der Waals surface area (Å²) in [5.74, 6) is 6.23. The molecule has 2 heterocycles. The lowest BCUT2D eigenvalue weighted by molar-refractivity contribution is 0.270. The lowest BCUT2D eigenvalue weighted by atomic mass is 9.73. The first kappa shape index (κ1) is 35.6. The number of hydrazine groups is 1. The van der Waals surface area contributed by atoms with E-state index in [0.29, 0.717) is 11.8 Å². The molecule has 0 bridgehead atoms. The molecule has 4 heteroatoms. The normalized spacial score (nSPS) is 16.8. The van der Waals surface area contributed by atoms with E-state index < -0.39 is 0 Å². The maximum absolute atomic E-state index is 5.43. The molecule has 4 rings (SSSR count). The van der Waals surface area contributed by atoms with E-state index in [1.165, 1.54) is 50.3 Å². The van der Waals surface area contributed by atoms with E-state index >= 15 is 0 Å². The van der Waals surface area contributed by atoms with Crippen LogP contribution in [0.1, 0.15) is 132 Å². The van der Waals surface area contributed by atoms with E-state index in [9.17, 15) is 0 Å². The fourth-order valence-electron chi connectivity index (χ4n) is 7.50. The molecule has 0 aliphatic carbocycles. The minimum atomic E-state index is 0.187. The quantitative estimate of drug-likeness (QED) is 0.0643. The van der Waals surface area contributed by atoms with E-state index in [-0.39, 0.29) is 11.5 Å². The zero-order valence-corrected chi connectivity index (χ0v) is 29.7. The zero-order valence-electron chi connectivity index (χ0n) is 29.7. The number of aromatic nitrogens is 1. The summed E-state index contributed by atoms with van der Waals surface area (Å²) in [5.41, 5.74) is 15.1. The number of rotatable bonds is 18. The first-order valence-corrected chi connectivity index (χ1v) is 17.8. The number of nitrogens with two attached hydrogens (primary N) is 1. The zero-order chi connectivity index (χ0) is 33.3. The van der Waals surface area contributed by atoms with Gasteiger partial charge in [0.25, 0.3) is 0 Å². The number of anilines is 1. The molecule has 46 heavy (non-hydrogen) atoms. The van der Waals surface area contributed by atoms with Crippen molar-refractivity contribution in [3.05, 3.63) is 107 Å². The molecule has 0 spiro atoms. The van der Waals surface area contributed by atoms with Gasteiger partial charge in [0.15, 0.2) is 0 Å². The monoisotopic (exact) mass is 620 g/mol. The first-order valence-electron chi connectivity index (χ1n) is 17.8. The summed E-state index contributed by atoms with van der Waals surface area (Å²) in [7, 11) is 0. The number of unbranched alkanes of at least 4 members (excludes halogenated alkanes) is 1. The maximum Gasteiger partial charge on any atom is 0.0629 e. The molecule has 2 aromatic carbocycles.